The van der Waals surface area contributed by atoms with Gasteiger partial charge in [-0.1, -0.05) is 35.3 Å². The fourth-order valence-corrected chi connectivity index (χ4v) is 5.96. The Morgan fingerprint density at radius 2 is 1.71 bits per heavy atom. The highest BCUT2D eigenvalue weighted by molar-refractivity contribution is 7.89. The molecule has 1 saturated heterocycles. The lowest BCUT2D eigenvalue weighted by atomic mass is 9.97. The van der Waals surface area contributed by atoms with Crippen LogP contribution in [0.3, 0.4) is 0 Å². The second-order valence-corrected chi connectivity index (χ2v) is 9.74. The molecule has 1 aliphatic rings. The normalized spacial score (nSPS) is 15.5. The molecule has 0 radical (unpaired) electrons. The molecule has 1 aliphatic heterocycles. The molecule has 0 spiro atoms. The van der Waals surface area contributed by atoms with Crippen molar-refractivity contribution in [1.82, 2.24) is 9.62 Å². The van der Waals surface area contributed by atoms with Crippen molar-refractivity contribution in [3.63, 3.8) is 0 Å². The van der Waals surface area contributed by atoms with Gasteiger partial charge in [0.25, 0.3) is 0 Å². The predicted octanol–water partition coefficient (Wildman–Crippen LogP) is 3.60. The molecule has 7 nitrogen and oxygen atoms in total. The molecule has 0 atom stereocenters. The largest absolute Gasteiger partial charge is 0.497 e. The fourth-order valence-electron chi connectivity index (χ4n) is 3.39. The minimum atomic E-state index is -3.82. The number of piperidine rings is 1. The SMILES string of the molecule is COc1cccc(OCCNC(=O)C2CCN(S(=O)(=O)c3c(Cl)cccc3Cl)CC2)c1. The van der Waals surface area contributed by atoms with Crippen molar-refractivity contribution in [3.8, 4) is 11.5 Å². The van der Waals surface area contributed by atoms with Gasteiger partial charge in [-0.25, -0.2) is 8.42 Å². The molecule has 1 fully saturated rings. The standard InChI is InChI=1S/C21H24Cl2N2O5S/c1-29-16-4-2-5-17(14-16)30-13-10-24-21(26)15-8-11-25(12-9-15)31(27,28)20-18(22)6-3-7-19(20)23/h2-7,14-15H,8-13H2,1H3,(H,24,26). The van der Waals surface area contributed by atoms with E-state index in [0.29, 0.717) is 37.5 Å². The van der Waals surface area contributed by atoms with Crippen molar-refractivity contribution >= 4 is 39.1 Å². The average Bonchev–Trinajstić information content (AvgIpc) is 2.76. The maximum Gasteiger partial charge on any atom is 0.246 e. The molecule has 1 heterocycles. The first kappa shape index (κ1) is 23.7. The van der Waals surface area contributed by atoms with Crippen LogP contribution in [0.4, 0.5) is 0 Å². The quantitative estimate of drug-likeness (QED) is 0.576. The number of nitrogens with zero attached hydrogens (tertiary/aromatic N) is 1. The maximum atomic E-state index is 12.9. The molecule has 3 rings (SSSR count). The van der Waals surface area contributed by atoms with Gasteiger partial charge in [-0.15, -0.1) is 0 Å². The number of nitrogens with one attached hydrogen (secondary N) is 1. The molecule has 1 amide bonds. The summed E-state index contributed by atoms with van der Waals surface area (Å²) in [7, 11) is -2.24. The number of sulfonamides is 1. The first-order chi connectivity index (χ1) is 14.8. The highest BCUT2D eigenvalue weighted by Crippen LogP contribution is 2.33. The zero-order valence-corrected chi connectivity index (χ0v) is 19.3. The van der Waals surface area contributed by atoms with Gasteiger partial charge >= 0.3 is 0 Å². The van der Waals surface area contributed by atoms with Gasteiger partial charge < -0.3 is 14.8 Å². The van der Waals surface area contributed by atoms with Crippen molar-refractivity contribution in [2.24, 2.45) is 5.92 Å². The van der Waals surface area contributed by atoms with Gasteiger partial charge in [-0.2, -0.15) is 4.31 Å². The minimum Gasteiger partial charge on any atom is -0.497 e. The van der Waals surface area contributed by atoms with Crippen LogP contribution in [0.25, 0.3) is 0 Å². The molecule has 0 aromatic heterocycles. The Morgan fingerprint density at radius 3 is 2.35 bits per heavy atom. The van der Waals surface area contributed by atoms with E-state index in [1.807, 2.05) is 18.2 Å². The molecule has 1 N–H and O–H groups in total. The van der Waals surface area contributed by atoms with Crippen LogP contribution in [0.5, 0.6) is 11.5 Å². The van der Waals surface area contributed by atoms with E-state index in [1.54, 1.807) is 19.2 Å². The highest BCUT2D eigenvalue weighted by Gasteiger charge is 2.34. The van der Waals surface area contributed by atoms with E-state index < -0.39 is 10.0 Å². The Hall–Kier alpha value is -2.00. The molecule has 0 saturated carbocycles. The number of carbonyl (C=O) groups excluding carboxylic acids is 1. The van der Waals surface area contributed by atoms with E-state index in [0.717, 1.165) is 0 Å². The van der Waals surface area contributed by atoms with Crippen LogP contribution >= 0.6 is 23.2 Å². The summed E-state index contributed by atoms with van der Waals surface area (Å²) in [6.07, 6.45) is 0.841. The fraction of sp³-hybridized carbons (Fsp3) is 0.381. The third-order valence-electron chi connectivity index (χ3n) is 5.05. The molecule has 10 heteroatoms. The second kappa shape index (κ2) is 10.5. The van der Waals surface area contributed by atoms with E-state index in [2.05, 4.69) is 5.32 Å². The van der Waals surface area contributed by atoms with Gasteiger partial charge in [0.15, 0.2) is 0 Å². The minimum absolute atomic E-state index is 0.0865. The average molecular weight is 487 g/mol. The summed E-state index contributed by atoms with van der Waals surface area (Å²) in [6.45, 7) is 1.12. The summed E-state index contributed by atoms with van der Waals surface area (Å²) < 4.78 is 37.9. The molecule has 31 heavy (non-hydrogen) atoms. The van der Waals surface area contributed by atoms with E-state index in [1.165, 1.54) is 16.4 Å². The third kappa shape index (κ3) is 5.83. The third-order valence-corrected chi connectivity index (χ3v) is 7.91. The Kier molecular flexibility index (Phi) is 8.05. The molecular formula is C21H24Cl2N2O5S. The summed E-state index contributed by atoms with van der Waals surface area (Å²) in [5, 5.41) is 3.02. The number of halogens is 2. The Bertz CT molecular complexity index is 1000. The van der Waals surface area contributed by atoms with Crippen molar-refractivity contribution in [3.05, 3.63) is 52.5 Å². The van der Waals surface area contributed by atoms with E-state index in [-0.39, 0.29) is 39.9 Å². The van der Waals surface area contributed by atoms with Crippen molar-refractivity contribution < 1.29 is 22.7 Å². The van der Waals surface area contributed by atoms with Crippen LogP contribution in [-0.2, 0) is 14.8 Å². The van der Waals surface area contributed by atoms with E-state index in [9.17, 15) is 13.2 Å². The lowest BCUT2D eigenvalue weighted by Gasteiger charge is -2.31. The summed E-state index contributed by atoms with van der Waals surface area (Å²) in [4.78, 5) is 12.4. The Morgan fingerprint density at radius 1 is 1.10 bits per heavy atom. The number of hydrogen-bond donors (Lipinski definition) is 1. The first-order valence-corrected chi connectivity index (χ1v) is 12.0. The number of benzene rings is 2. The van der Waals surface area contributed by atoms with Gasteiger partial charge in [-0.05, 0) is 37.1 Å². The summed E-state index contributed by atoms with van der Waals surface area (Å²) in [6, 6.07) is 11.8. The maximum absolute atomic E-state index is 12.9. The molecule has 0 aliphatic carbocycles. The highest BCUT2D eigenvalue weighted by atomic mass is 35.5. The number of methoxy groups -OCH3 is 1. The van der Waals surface area contributed by atoms with E-state index in [4.69, 9.17) is 32.7 Å². The zero-order chi connectivity index (χ0) is 22.4. The Balaban J connectivity index is 1.47. The van der Waals surface area contributed by atoms with Crippen molar-refractivity contribution in [2.45, 2.75) is 17.7 Å². The molecule has 168 valence electrons. The van der Waals surface area contributed by atoms with E-state index >= 15 is 0 Å². The zero-order valence-electron chi connectivity index (χ0n) is 17.0. The van der Waals surface area contributed by atoms with Crippen LogP contribution in [0.2, 0.25) is 10.0 Å². The molecule has 2 aromatic rings. The Labute approximate surface area is 192 Å². The molecule has 0 unspecified atom stereocenters. The summed E-state index contributed by atoms with van der Waals surface area (Å²) in [5.41, 5.74) is 0. The monoisotopic (exact) mass is 486 g/mol. The number of hydrogen-bond acceptors (Lipinski definition) is 5. The first-order valence-electron chi connectivity index (χ1n) is 9.81. The second-order valence-electron chi connectivity index (χ2n) is 7.05. The van der Waals surface area contributed by atoms with Crippen LogP contribution < -0.4 is 14.8 Å². The number of rotatable bonds is 8. The van der Waals surface area contributed by atoms with Crippen molar-refractivity contribution in [1.29, 1.82) is 0 Å². The van der Waals surface area contributed by atoms with Gasteiger partial charge in [0, 0.05) is 25.1 Å². The lowest BCUT2D eigenvalue weighted by molar-refractivity contribution is -0.126. The van der Waals surface area contributed by atoms with Gasteiger partial charge in [0.2, 0.25) is 15.9 Å². The number of carbonyl (C=O) groups is 1. The number of ether oxygens (including phenoxy) is 2. The van der Waals surface area contributed by atoms with Gasteiger partial charge in [-0.3, -0.25) is 4.79 Å². The summed E-state index contributed by atoms with van der Waals surface area (Å²) in [5.74, 6) is 0.985. The lowest BCUT2D eigenvalue weighted by Crippen LogP contribution is -2.43. The topological polar surface area (TPSA) is 84.9 Å². The molecule has 2 aromatic carbocycles. The molecular weight excluding hydrogens is 463 g/mol. The summed E-state index contributed by atoms with van der Waals surface area (Å²) >= 11 is 12.1. The van der Waals surface area contributed by atoms with Crippen molar-refractivity contribution in [2.75, 3.05) is 33.4 Å². The smallest absolute Gasteiger partial charge is 0.246 e. The van der Waals surface area contributed by atoms with Crippen LogP contribution in [0, 0.1) is 5.92 Å². The van der Waals surface area contributed by atoms with Gasteiger partial charge in [0.1, 0.15) is 23.0 Å². The van der Waals surface area contributed by atoms with Crippen LogP contribution in [-0.4, -0.2) is 52.0 Å². The van der Waals surface area contributed by atoms with Crippen LogP contribution in [0.1, 0.15) is 12.8 Å². The van der Waals surface area contributed by atoms with Crippen LogP contribution in [0.15, 0.2) is 47.4 Å². The predicted molar refractivity (Wildman–Crippen MR) is 119 cm³/mol. The molecule has 0 bridgehead atoms. The van der Waals surface area contributed by atoms with Gasteiger partial charge in [0.05, 0.1) is 23.7 Å². The number of amides is 1.